The van der Waals surface area contributed by atoms with E-state index in [0.29, 0.717) is 6.54 Å². The number of likely N-dealkylation sites (N-methyl/N-ethyl adjacent to an activating group) is 1. The van der Waals surface area contributed by atoms with E-state index >= 15 is 0 Å². The largest absolute Gasteiger partial charge is 0.361 e. The van der Waals surface area contributed by atoms with Crippen molar-refractivity contribution >= 4 is 5.91 Å². The van der Waals surface area contributed by atoms with Crippen LogP contribution in [0.5, 0.6) is 0 Å². The molecule has 1 aliphatic rings. The molecule has 2 aromatic rings. The zero-order valence-corrected chi connectivity index (χ0v) is 16.2. The van der Waals surface area contributed by atoms with Crippen molar-refractivity contribution in [3.8, 4) is 0 Å². The van der Waals surface area contributed by atoms with E-state index in [1.165, 1.54) is 12.1 Å². The molecule has 1 fully saturated rings. The second-order valence-electron chi connectivity index (χ2n) is 7.24. The Bertz CT molecular complexity index is 771. The third-order valence-electron chi connectivity index (χ3n) is 5.06. The molecule has 0 radical (unpaired) electrons. The van der Waals surface area contributed by atoms with Crippen molar-refractivity contribution in [1.29, 1.82) is 0 Å². The van der Waals surface area contributed by atoms with Gasteiger partial charge in [0.15, 0.2) is 0 Å². The molecule has 6 nitrogen and oxygen atoms in total. The lowest BCUT2D eigenvalue weighted by molar-refractivity contribution is -0.136. The molecule has 27 heavy (non-hydrogen) atoms. The van der Waals surface area contributed by atoms with Crippen LogP contribution < -0.4 is 0 Å². The highest BCUT2D eigenvalue weighted by Crippen LogP contribution is 2.13. The summed E-state index contributed by atoms with van der Waals surface area (Å²) in [5.41, 5.74) is 1.74. The van der Waals surface area contributed by atoms with Gasteiger partial charge in [-0.3, -0.25) is 14.6 Å². The normalized spacial score (nSPS) is 17.0. The second kappa shape index (κ2) is 8.63. The fraction of sp³-hybridized carbons (Fsp3) is 0.500. The number of piperazine rings is 1. The molecule has 1 amide bonds. The zero-order valence-electron chi connectivity index (χ0n) is 16.2. The van der Waals surface area contributed by atoms with Crippen LogP contribution in [0.4, 0.5) is 4.39 Å². The molecule has 1 aromatic heterocycles. The number of carbonyl (C=O) groups is 1. The number of hydrogen-bond acceptors (Lipinski definition) is 5. The van der Waals surface area contributed by atoms with Gasteiger partial charge in [0.1, 0.15) is 11.6 Å². The highest BCUT2D eigenvalue weighted by Gasteiger charge is 2.27. The topological polar surface area (TPSA) is 52.8 Å². The predicted octanol–water partition coefficient (Wildman–Crippen LogP) is 2.29. The van der Waals surface area contributed by atoms with Crippen molar-refractivity contribution in [1.82, 2.24) is 19.9 Å². The maximum absolute atomic E-state index is 13.3. The molecule has 1 unspecified atom stereocenters. The van der Waals surface area contributed by atoms with Crippen LogP contribution in [-0.2, 0) is 17.9 Å². The second-order valence-corrected chi connectivity index (χ2v) is 7.24. The fourth-order valence-electron chi connectivity index (χ4n) is 3.49. The average molecular weight is 374 g/mol. The Morgan fingerprint density at radius 1 is 1.30 bits per heavy atom. The number of hydrogen-bond donors (Lipinski definition) is 0. The van der Waals surface area contributed by atoms with Gasteiger partial charge in [-0.2, -0.15) is 0 Å². The van der Waals surface area contributed by atoms with Crippen LogP contribution in [0.15, 0.2) is 34.9 Å². The van der Waals surface area contributed by atoms with Crippen molar-refractivity contribution in [2.45, 2.75) is 33.0 Å². The Kier molecular flexibility index (Phi) is 6.23. The molecule has 1 aromatic carbocycles. The maximum atomic E-state index is 13.3. The molecule has 1 saturated heterocycles. The van der Waals surface area contributed by atoms with E-state index < -0.39 is 0 Å². The molecule has 0 bridgehead atoms. The Labute approximate surface area is 159 Å². The molecule has 3 rings (SSSR count). The number of nitrogens with zero attached hydrogens (tertiary/aromatic N) is 4. The summed E-state index contributed by atoms with van der Waals surface area (Å²) >= 11 is 0. The van der Waals surface area contributed by atoms with Crippen molar-refractivity contribution in [2.75, 3.05) is 33.2 Å². The van der Waals surface area contributed by atoms with Gasteiger partial charge < -0.3 is 9.42 Å². The van der Waals surface area contributed by atoms with E-state index in [1.54, 1.807) is 18.0 Å². The van der Waals surface area contributed by atoms with Crippen LogP contribution in [0.3, 0.4) is 0 Å². The van der Waals surface area contributed by atoms with Crippen molar-refractivity contribution in [3.05, 3.63) is 53.2 Å². The molecule has 2 heterocycles. The van der Waals surface area contributed by atoms with Gasteiger partial charge in [-0.15, -0.1) is 0 Å². The maximum Gasteiger partial charge on any atom is 0.239 e. The summed E-state index contributed by atoms with van der Waals surface area (Å²) in [4.78, 5) is 19.0. The monoisotopic (exact) mass is 374 g/mol. The fourth-order valence-corrected chi connectivity index (χ4v) is 3.49. The Morgan fingerprint density at radius 2 is 2.04 bits per heavy atom. The smallest absolute Gasteiger partial charge is 0.239 e. The molecule has 146 valence electrons. The minimum absolute atomic E-state index is 0.0554. The molecule has 1 aliphatic heterocycles. The summed E-state index contributed by atoms with van der Waals surface area (Å²) < 4.78 is 18.5. The summed E-state index contributed by atoms with van der Waals surface area (Å²) in [5, 5.41) is 4.04. The van der Waals surface area contributed by atoms with E-state index in [2.05, 4.69) is 15.0 Å². The first-order valence-corrected chi connectivity index (χ1v) is 9.30. The van der Waals surface area contributed by atoms with E-state index in [-0.39, 0.29) is 17.8 Å². The van der Waals surface area contributed by atoms with Crippen LogP contribution in [0.2, 0.25) is 0 Å². The van der Waals surface area contributed by atoms with Gasteiger partial charge in [0.2, 0.25) is 5.91 Å². The summed E-state index contributed by atoms with van der Waals surface area (Å²) in [6.07, 6.45) is 0. The summed E-state index contributed by atoms with van der Waals surface area (Å²) in [6.45, 7) is 8.45. The van der Waals surface area contributed by atoms with Crippen LogP contribution in [-0.4, -0.2) is 65.0 Å². The standard InChI is InChI=1S/C20H27FN4O2/c1-15-11-19(22-27-15)14-24-7-9-25(10-8-24)16(2)20(26)23(3)13-17-5-4-6-18(21)12-17/h4-6,11-12,16H,7-10,13-14H2,1-3H3. The number of carbonyl (C=O) groups excluding carboxylic acids is 1. The van der Waals surface area contributed by atoms with Crippen LogP contribution >= 0.6 is 0 Å². The van der Waals surface area contributed by atoms with Gasteiger partial charge in [0.05, 0.1) is 11.7 Å². The molecular weight excluding hydrogens is 347 g/mol. The van der Waals surface area contributed by atoms with Gasteiger partial charge >= 0.3 is 0 Å². The van der Waals surface area contributed by atoms with Crippen molar-refractivity contribution < 1.29 is 13.7 Å². The lowest BCUT2D eigenvalue weighted by Crippen LogP contribution is -2.53. The van der Waals surface area contributed by atoms with Gasteiger partial charge in [0, 0.05) is 52.4 Å². The van der Waals surface area contributed by atoms with Crippen LogP contribution in [0.25, 0.3) is 0 Å². The van der Waals surface area contributed by atoms with E-state index in [0.717, 1.165) is 49.7 Å². The summed E-state index contributed by atoms with van der Waals surface area (Å²) in [6, 6.07) is 8.15. The molecule has 0 aliphatic carbocycles. The van der Waals surface area contributed by atoms with Gasteiger partial charge in [-0.05, 0) is 31.5 Å². The Balaban J connectivity index is 1.49. The van der Waals surface area contributed by atoms with E-state index in [4.69, 9.17) is 4.52 Å². The van der Waals surface area contributed by atoms with Crippen molar-refractivity contribution in [2.24, 2.45) is 0 Å². The number of benzene rings is 1. The molecule has 1 atom stereocenters. The Hall–Kier alpha value is -2.25. The highest BCUT2D eigenvalue weighted by molar-refractivity contribution is 5.81. The first kappa shape index (κ1) is 19.5. The van der Waals surface area contributed by atoms with Gasteiger partial charge in [-0.1, -0.05) is 17.3 Å². The van der Waals surface area contributed by atoms with E-state index in [1.807, 2.05) is 26.0 Å². The number of aryl methyl sites for hydroxylation is 1. The molecule has 0 N–H and O–H groups in total. The number of rotatable bonds is 6. The van der Waals surface area contributed by atoms with E-state index in [9.17, 15) is 9.18 Å². The first-order valence-electron chi connectivity index (χ1n) is 9.30. The SMILES string of the molecule is Cc1cc(CN2CCN(C(C)C(=O)N(C)Cc3cccc(F)c3)CC2)no1. The first-order chi connectivity index (χ1) is 12.9. The van der Waals surface area contributed by atoms with Crippen LogP contribution in [0, 0.1) is 12.7 Å². The van der Waals surface area contributed by atoms with Gasteiger partial charge in [0.25, 0.3) is 0 Å². The minimum atomic E-state index is -0.278. The highest BCUT2D eigenvalue weighted by atomic mass is 19.1. The van der Waals surface area contributed by atoms with Crippen molar-refractivity contribution in [3.63, 3.8) is 0 Å². The molecular formula is C20H27FN4O2. The lowest BCUT2D eigenvalue weighted by Gasteiger charge is -2.38. The predicted molar refractivity (Wildman–Crippen MR) is 100 cm³/mol. The molecule has 0 saturated carbocycles. The van der Waals surface area contributed by atoms with Gasteiger partial charge in [-0.25, -0.2) is 4.39 Å². The molecule has 7 heteroatoms. The Morgan fingerprint density at radius 3 is 2.67 bits per heavy atom. The lowest BCUT2D eigenvalue weighted by atomic mass is 10.1. The third kappa shape index (κ3) is 5.14. The average Bonchev–Trinajstić information content (AvgIpc) is 3.06. The number of aromatic nitrogens is 1. The third-order valence-corrected chi connectivity index (χ3v) is 5.06. The molecule has 0 spiro atoms. The quantitative estimate of drug-likeness (QED) is 0.777. The summed E-state index contributed by atoms with van der Waals surface area (Å²) in [7, 11) is 1.77. The summed E-state index contributed by atoms with van der Waals surface area (Å²) in [5.74, 6) is 0.601. The van der Waals surface area contributed by atoms with Crippen LogP contribution in [0.1, 0.15) is 23.9 Å². The minimum Gasteiger partial charge on any atom is -0.361 e. The number of halogens is 1. The zero-order chi connectivity index (χ0) is 19.4. The number of amides is 1.